The fourth-order valence-corrected chi connectivity index (χ4v) is 6.15. The first kappa shape index (κ1) is 21.2. The summed E-state index contributed by atoms with van der Waals surface area (Å²) in [6.45, 7) is 0.611. The highest BCUT2D eigenvalue weighted by molar-refractivity contribution is 7.91. The molecule has 0 radical (unpaired) electrons. The molecule has 32 heavy (non-hydrogen) atoms. The van der Waals surface area contributed by atoms with Crippen LogP contribution in [0.2, 0.25) is 0 Å². The number of carbonyl (C=O) groups is 2. The van der Waals surface area contributed by atoms with Crippen molar-refractivity contribution in [2.24, 2.45) is 5.92 Å². The predicted molar refractivity (Wildman–Crippen MR) is 122 cm³/mol. The van der Waals surface area contributed by atoms with Crippen molar-refractivity contribution in [3.63, 3.8) is 0 Å². The normalized spacial score (nSPS) is 19.9. The number of hydrogen-bond acceptors (Lipinski definition) is 4. The summed E-state index contributed by atoms with van der Waals surface area (Å²) < 4.78 is 25.8. The first-order valence-corrected chi connectivity index (χ1v) is 13.1. The van der Waals surface area contributed by atoms with E-state index in [1.165, 1.54) is 5.56 Å². The number of aryl methyl sites for hydroxylation is 1. The molecule has 5 rings (SSSR count). The third kappa shape index (κ3) is 4.18. The first-order valence-electron chi connectivity index (χ1n) is 11.5. The molecule has 3 aliphatic rings. The minimum absolute atomic E-state index is 0.0508. The Labute approximate surface area is 188 Å². The minimum atomic E-state index is -3.58. The van der Waals surface area contributed by atoms with Crippen LogP contribution in [0.5, 0.6) is 0 Å². The van der Waals surface area contributed by atoms with Crippen LogP contribution < -0.4 is 10.2 Å². The van der Waals surface area contributed by atoms with Crippen molar-refractivity contribution in [3.8, 4) is 0 Å². The largest absolute Gasteiger partial charge is 0.349 e. The topological polar surface area (TPSA) is 83.6 Å². The number of nitrogens with zero attached hydrogens (tertiary/aromatic N) is 1. The van der Waals surface area contributed by atoms with Crippen molar-refractivity contribution >= 4 is 27.3 Å². The molecular weight excluding hydrogens is 424 g/mol. The van der Waals surface area contributed by atoms with Crippen molar-refractivity contribution in [2.75, 3.05) is 17.2 Å². The minimum Gasteiger partial charge on any atom is -0.349 e. The number of fused-ring (bicyclic) bond motifs is 2. The van der Waals surface area contributed by atoms with E-state index in [-0.39, 0.29) is 40.8 Å². The van der Waals surface area contributed by atoms with Gasteiger partial charge in [0, 0.05) is 24.6 Å². The molecule has 1 saturated carbocycles. The van der Waals surface area contributed by atoms with E-state index in [9.17, 15) is 18.0 Å². The lowest BCUT2D eigenvalue weighted by atomic mass is 9.88. The van der Waals surface area contributed by atoms with Gasteiger partial charge in [-0.05, 0) is 73.4 Å². The zero-order chi connectivity index (χ0) is 22.3. The average molecular weight is 453 g/mol. The molecule has 1 fully saturated rings. The first-order chi connectivity index (χ1) is 15.4. The molecule has 0 unspecified atom stereocenters. The van der Waals surface area contributed by atoms with Gasteiger partial charge in [-0.15, -0.1) is 0 Å². The maximum Gasteiger partial charge on any atom is 0.230 e. The van der Waals surface area contributed by atoms with Crippen LogP contribution in [0, 0.1) is 5.92 Å². The number of sulfone groups is 1. The predicted octanol–water partition coefficient (Wildman–Crippen LogP) is 3.34. The number of benzene rings is 2. The lowest BCUT2D eigenvalue weighted by molar-refractivity contribution is -0.121. The Kier molecular flexibility index (Phi) is 5.53. The molecule has 1 aliphatic heterocycles. The number of anilines is 1. The van der Waals surface area contributed by atoms with E-state index in [0.29, 0.717) is 13.0 Å². The number of nitrogens with one attached hydrogen (secondary N) is 1. The molecule has 2 aromatic rings. The van der Waals surface area contributed by atoms with Crippen LogP contribution in [-0.4, -0.2) is 32.5 Å². The lowest BCUT2D eigenvalue weighted by Crippen LogP contribution is -2.32. The monoisotopic (exact) mass is 452 g/mol. The second-order valence-corrected chi connectivity index (χ2v) is 11.2. The lowest BCUT2D eigenvalue weighted by Gasteiger charge is -2.26. The molecule has 1 N–H and O–H groups in total. The van der Waals surface area contributed by atoms with Crippen LogP contribution in [0.1, 0.15) is 54.8 Å². The molecule has 0 aromatic heterocycles. The molecule has 2 amide bonds. The molecule has 0 bridgehead atoms. The van der Waals surface area contributed by atoms with Crippen LogP contribution in [-0.2, 0) is 32.3 Å². The summed E-state index contributed by atoms with van der Waals surface area (Å²) in [5.74, 6) is -0.173. The van der Waals surface area contributed by atoms with Crippen LogP contribution in [0.25, 0.3) is 0 Å². The summed E-state index contributed by atoms with van der Waals surface area (Å²) in [6.07, 6.45) is 5.39. The maximum absolute atomic E-state index is 12.9. The van der Waals surface area contributed by atoms with Gasteiger partial charge in [0.05, 0.1) is 16.7 Å². The third-order valence-electron chi connectivity index (χ3n) is 6.80. The van der Waals surface area contributed by atoms with Gasteiger partial charge >= 0.3 is 0 Å². The summed E-state index contributed by atoms with van der Waals surface area (Å²) in [6, 6.07) is 13.1. The average Bonchev–Trinajstić information content (AvgIpc) is 3.56. The van der Waals surface area contributed by atoms with Gasteiger partial charge in [-0.1, -0.05) is 24.3 Å². The van der Waals surface area contributed by atoms with Crippen molar-refractivity contribution in [3.05, 3.63) is 59.2 Å². The fraction of sp³-hybridized carbons (Fsp3) is 0.440. The van der Waals surface area contributed by atoms with Gasteiger partial charge in [0.25, 0.3) is 0 Å². The van der Waals surface area contributed by atoms with E-state index in [0.717, 1.165) is 48.9 Å². The Morgan fingerprint density at radius 3 is 2.62 bits per heavy atom. The number of amides is 2. The zero-order valence-corrected chi connectivity index (χ0v) is 18.9. The van der Waals surface area contributed by atoms with E-state index in [1.54, 1.807) is 23.1 Å². The maximum atomic E-state index is 12.9. The molecule has 1 atom stereocenters. The summed E-state index contributed by atoms with van der Waals surface area (Å²) in [7, 11) is -3.58. The van der Waals surface area contributed by atoms with E-state index < -0.39 is 9.84 Å². The Hall–Kier alpha value is -2.67. The van der Waals surface area contributed by atoms with Crippen molar-refractivity contribution < 1.29 is 18.0 Å². The second kappa shape index (κ2) is 8.35. The Balaban J connectivity index is 1.22. The van der Waals surface area contributed by atoms with Crippen molar-refractivity contribution in [1.29, 1.82) is 0 Å². The summed E-state index contributed by atoms with van der Waals surface area (Å²) in [5.41, 5.74) is 4.11. The smallest absolute Gasteiger partial charge is 0.230 e. The number of carbonyl (C=O) groups excluding carboxylic acids is 2. The Bertz CT molecular complexity index is 1170. The van der Waals surface area contributed by atoms with Gasteiger partial charge in [0.15, 0.2) is 9.84 Å². The molecule has 6 nitrogen and oxygen atoms in total. The van der Waals surface area contributed by atoms with Crippen molar-refractivity contribution in [1.82, 2.24) is 5.32 Å². The van der Waals surface area contributed by atoms with E-state index in [1.807, 2.05) is 18.2 Å². The molecular formula is C25H28N2O4S. The summed E-state index contributed by atoms with van der Waals surface area (Å²) in [4.78, 5) is 27.0. The fourth-order valence-electron chi connectivity index (χ4n) is 4.87. The molecule has 0 spiro atoms. The van der Waals surface area contributed by atoms with Gasteiger partial charge in [0.2, 0.25) is 11.8 Å². The number of rotatable bonds is 6. The standard InChI is InChI=1S/C25H28N2O4S/c28-24(26-22-7-3-5-17-4-1-2-6-21(17)22)13-15-32(30,31)20-10-11-23-19(16-20)12-14-27(23)25(29)18-8-9-18/h1-2,4,6,10-11,16,18,22H,3,5,7-9,12-15H2,(H,26,28)/t22-/m1/s1. The van der Waals surface area contributed by atoms with Crippen LogP contribution in [0.4, 0.5) is 5.69 Å². The molecule has 168 valence electrons. The summed E-state index contributed by atoms with van der Waals surface area (Å²) in [5, 5.41) is 3.03. The second-order valence-electron chi connectivity index (χ2n) is 9.08. The SMILES string of the molecule is O=C(CCS(=O)(=O)c1ccc2c(c1)CCN2C(=O)C1CC1)N[C@@H]1CCCc2ccccc21. The highest BCUT2D eigenvalue weighted by atomic mass is 32.2. The number of hydrogen-bond donors (Lipinski definition) is 1. The van der Waals surface area contributed by atoms with Gasteiger partial charge in [-0.2, -0.15) is 0 Å². The highest BCUT2D eigenvalue weighted by Crippen LogP contribution is 2.37. The Morgan fingerprint density at radius 1 is 1.00 bits per heavy atom. The quantitative estimate of drug-likeness (QED) is 0.729. The summed E-state index contributed by atoms with van der Waals surface area (Å²) >= 11 is 0. The van der Waals surface area contributed by atoms with Gasteiger partial charge in [-0.25, -0.2) is 8.42 Å². The van der Waals surface area contributed by atoms with Crippen LogP contribution in [0.15, 0.2) is 47.4 Å². The molecule has 2 aromatic carbocycles. The van der Waals surface area contributed by atoms with Crippen LogP contribution >= 0.6 is 0 Å². The van der Waals surface area contributed by atoms with E-state index in [4.69, 9.17) is 0 Å². The van der Waals surface area contributed by atoms with E-state index >= 15 is 0 Å². The molecule has 7 heteroatoms. The van der Waals surface area contributed by atoms with Crippen LogP contribution in [0.3, 0.4) is 0 Å². The zero-order valence-electron chi connectivity index (χ0n) is 18.0. The van der Waals surface area contributed by atoms with E-state index in [2.05, 4.69) is 11.4 Å². The van der Waals surface area contributed by atoms with Gasteiger partial charge < -0.3 is 10.2 Å². The highest BCUT2D eigenvalue weighted by Gasteiger charge is 2.36. The van der Waals surface area contributed by atoms with Gasteiger partial charge in [-0.3, -0.25) is 9.59 Å². The molecule has 2 aliphatic carbocycles. The Morgan fingerprint density at radius 2 is 1.81 bits per heavy atom. The molecule has 1 heterocycles. The molecule has 0 saturated heterocycles. The van der Waals surface area contributed by atoms with Gasteiger partial charge in [0.1, 0.15) is 0 Å². The van der Waals surface area contributed by atoms with Crippen molar-refractivity contribution in [2.45, 2.75) is 55.9 Å². The third-order valence-corrected chi connectivity index (χ3v) is 8.51.